The predicted octanol–water partition coefficient (Wildman–Crippen LogP) is 2.21. The molecule has 1 fully saturated rings. The van der Waals surface area contributed by atoms with Crippen molar-refractivity contribution in [2.75, 3.05) is 13.2 Å². The Morgan fingerprint density at radius 2 is 2.05 bits per heavy atom. The molecule has 1 aliphatic heterocycles. The second kappa shape index (κ2) is 5.69. The van der Waals surface area contributed by atoms with Crippen molar-refractivity contribution < 1.29 is 9.26 Å². The van der Waals surface area contributed by atoms with E-state index in [1.54, 1.807) is 17.1 Å². The molecule has 7 nitrogen and oxygen atoms in total. The summed E-state index contributed by atoms with van der Waals surface area (Å²) in [7, 11) is 0. The zero-order valence-electron chi connectivity index (χ0n) is 11.9. The van der Waals surface area contributed by atoms with Crippen molar-refractivity contribution in [1.29, 1.82) is 0 Å². The summed E-state index contributed by atoms with van der Waals surface area (Å²) in [6.07, 6.45) is 7.11. The third kappa shape index (κ3) is 2.39. The summed E-state index contributed by atoms with van der Waals surface area (Å²) in [6.45, 7) is 1.49. The molecular formula is C15H15N5O2. The Hall–Kier alpha value is -2.54. The van der Waals surface area contributed by atoms with Crippen molar-refractivity contribution in [3.05, 3.63) is 42.7 Å². The number of aromatic nitrogens is 5. The fourth-order valence-corrected chi connectivity index (χ4v) is 2.60. The SMILES string of the molecule is c1cnc(-n2cccn2)c(-c2noc(C3CCOCC3)n2)c1. The highest BCUT2D eigenvalue weighted by atomic mass is 16.5. The van der Waals surface area contributed by atoms with Gasteiger partial charge in [0.25, 0.3) is 0 Å². The van der Waals surface area contributed by atoms with E-state index in [1.807, 2.05) is 24.4 Å². The van der Waals surface area contributed by atoms with Gasteiger partial charge in [-0.2, -0.15) is 10.1 Å². The summed E-state index contributed by atoms with van der Waals surface area (Å²) in [6, 6.07) is 5.62. The molecule has 22 heavy (non-hydrogen) atoms. The van der Waals surface area contributed by atoms with Gasteiger partial charge in [-0.3, -0.25) is 0 Å². The molecule has 0 aromatic carbocycles. The Labute approximate surface area is 126 Å². The fraction of sp³-hybridized carbons (Fsp3) is 0.333. The highest BCUT2D eigenvalue weighted by molar-refractivity contribution is 5.63. The summed E-state index contributed by atoms with van der Waals surface area (Å²) in [5, 5.41) is 8.34. The van der Waals surface area contributed by atoms with Gasteiger partial charge in [0.1, 0.15) is 0 Å². The molecule has 0 spiro atoms. The Morgan fingerprint density at radius 1 is 1.14 bits per heavy atom. The van der Waals surface area contributed by atoms with Crippen LogP contribution in [0.1, 0.15) is 24.7 Å². The number of nitrogens with zero attached hydrogens (tertiary/aromatic N) is 5. The first-order chi connectivity index (χ1) is 10.9. The predicted molar refractivity (Wildman–Crippen MR) is 77.4 cm³/mol. The van der Waals surface area contributed by atoms with E-state index in [0.717, 1.165) is 31.6 Å². The molecule has 0 aliphatic carbocycles. The molecule has 112 valence electrons. The number of ether oxygens (including phenoxy) is 1. The van der Waals surface area contributed by atoms with Crippen molar-refractivity contribution in [2.24, 2.45) is 0 Å². The molecule has 3 aromatic rings. The molecule has 0 bridgehead atoms. The first-order valence-electron chi connectivity index (χ1n) is 7.28. The summed E-state index contributed by atoms with van der Waals surface area (Å²) in [5.41, 5.74) is 0.799. The van der Waals surface area contributed by atoms with Gasteiger partial charge in [0, 0.05) is 37.7 Å². The van der Waals surface area contributed by atoms with E-state index < -0.39 is 0 Å². The highest BCUT2D eigenvalue weighted by Gasteiger charge is 2.23. The van der Waals surface area contributed by atoms with E-state index in [9.17, 15) is 0 Å². The van der Waals surface area contributed by atoms with Crippen molar-refractivity contribution >= 4 is 0 Å². The largest absolute Gasteiger partial charge is 0.381 e. The third-order valence-electron chi connectivity index (χ3n) is 3.76. The Balaban J connectivity index is 1.69. The van der Waals surface area contributed by atoms with Gasteiger partial charge in [-0.05, 0) is 31.0 Å². The minimum absolute atomic E-state index is 0.278. The Bertz CT molecular complexity index is 747. The maximum Gasteiger partial charge on any atom is 0.230 e. The van der Waals surface area contributed by atoms with Crippen LogP contribution in [0.2, 0.25) is 0 Å². The molecule has 3 aromatic heterocycles. The van der Waals surface area contributed by atoms with Gasteiger partial charge >= 0.3 is 0 Å². The maximum absolute atomic E-state index is 5.46. The van der Waals surface area contributed by atoms with Crippen LogP contribution in [0.4, 0.5) is 0 Å². The lowest BCUT2D eigenvalue weighted by Crippen LogP contribution is -2.14. The average Bonchev–Trinajstić information content (AvgIpc) is 3.28. The van der Waals surface area contributed by atoms with Gasteiger partial charge in [-0.1, -0.05) is 5.16 Å². The second-order valence-corrected chi connectivity index (χ2v) is 5.17. The van der Waals surface area contributed by atoms with Crippen molar-refractivity contribution in [3.8, 4) is 17.2 Å². The molecule has 7 heteroatoms. The van der Waals surface area contributed by atoms with Crippen LogP contribution in [0.15, 0.2) is 41.3 Å². The Kier molecular flexibility index (Phi) is 3.40. The molecule has 0 N–H and O–H groups in total. The maximum atomic E-state index is 5.46. The zero-order valence-corrected chi connectivity index (χ0v) is 11.9. The molecule has 0 unspecified atom stereocenters. The molecule has 4 heterocycles. The quantitative estimate of drug-likeness (QED) is 0.737. The van der Waals surface area contributed by atoms with Gasteiger partial charge in [-0.25, -0.2) is 9.67 Å². The molecule has 0 saturated carbocycles. The standard InChI is InChI=1S/C15H15N5O2/c1-3-12(14(16-6-1)20-8-2-7-17-20)13-18-15(22-19-13)11-4-9-21-10-5-11/h1-3,6-8,11H,4-5,9-10H2. The first-order valence-corrected chi connectivity index (χ1v) is 7.28. The minimum atomic E-state index is 0.278. The number of hydrogen-bond acceptors (Lipinski definition) is 6. The van der Waals surface area contributed by atoms with E-state index in [1.165, 1.54) is 0 Å². The van der Waals surface area contributed by atoms with Crippen LogP contribution in [0, 0.1) is 0 Å². The van der Waals surface area contributed by atoms with E-state index in [4.69, 9.17) is 9.26 Å². The smallest absolute Gasteiger partial charge is 0.230 e. The normalized spacial score (nSPS) is 16.0. The zero-order chi connectivity index (χ0) is 14.8. The Morgan fingerprint density at radius 3 is 2.86 bits per heavy atom. The van der Waals surface area contributed by atoms with Crippen LogP contribution in [-0.4, -0.2) is 38.1 Å². The van der Waals surface area contributed by atoms with Crippen LogP contribution in [0.25, 0.3) is 17.2 Å². The lowest BCUT2D eigenvalue weighted by atomic mass is 10.0. The number of pyridine rings is 1. The summed E-state index contributed by atoms with van der Waals surface area (Å²) in [4.78, 5) is 8.94. The fourth-order valence-electron chi connectivity index (χ4n) is 2.60. The molecule has 0 atom stereocenters. The molecule has 4 rings (SSSR count). The molecule has 1 saturated heterocycles. The van der Waals surface area contributed by atoms with Gasteiger partial charge in [0.05, 0.1) is 5.56 Å². The first kappa shape index (κ1) is 13.1. The lowest BCUT2D eigenvalue weighted by molar-refractivity contribution is 0.0778. The molecule has 0 amide bonds. The summed E-state index contributed by atoms with van der Waals surface area (Å²) in [5.74, 6) is 2.18. The van der Waals surface area contributed by atoms with Crippen LogP contribution in [0.5, 0.6) is 0 Å². The average molecular weight is 297 g/mol. The van der Waals surface area contributed by atoms with Crippen LogP contribution >= 0.6 is 0 Å². The van der Waals surface area contributed by atoms with Crippen molar-refractivity contribution in [2.45, 2.75) is 18.8 Å². The van der Waals surface area contributed by atoms with E-state index in [-0.39, 0.29) is 5.92 Å². The van der Waals surface area contributed by atoms with Gasteiger partial charge < -0.3 is 9.26 Å². The van der Waals surface area contributed by atoms with E-state index in [0.29, 0.717) is 17.5 Å². The monoisotopic (exact) mass is 297 g/mol. The van der Waals surface area contributed by atoms with E-state index in [2.05, 4.69) is 20.2 Å². The van der Waals surface area contributed by atoms with Gasteiger partial charge in [0.15, 0.2) is 5.82 Å². The molecule has 1 aliphatic rings. The number of hydrogen-bond donors (Lipinski definition) is 0. The van der Waals surface area contributed by atoms with Crippen LogP contribution in [-0.2, 0) is 4.74 Å². The van der Waals surface area contributed by atoms with Crippen molar-refractivity contribution in [1.82, 2.24) is 24.9 Å². The minimum Gasteiger partial charge on any atom is -0.381 e. The third-order valence-corrected chi connectivity index (χ3v) is 3.76. The summed E-state index contributed by atoms with van der Waals surface area (Å²) >= 11 is 0. The molecular weight excluding hydrogens is 282 g/mol. The van der Waals surface area contributed by atoms with Gasteiger partial charge in [0.2, 0.25) is 11.7 Å². The summed E-state index contributed by atoms with van der Waals surface area (Å²) < 4.78 is 12.5. The topological polar surface area (TPSA) is 78.9 Å². The number of rotatable bonds is 3. The van der Waals surface area contributed by atoms with Crippen molar-refractivity contribution in [3.63, 3.8) is 0 Å². The highest BCUT2D eigenvalue weighted by Crippen LogP contribution is 2.28. The van der Waals surface area contributed by atoms with Crippen LogP contribution in [0.3, 0.4) is 0 Å². The second-order valence-electron chi connectivity index (χ2n) is 5.17. The lowest BCUT2D eigenvalue weighted by Gasteiger charge is -2.17. The van der Waals surface area contributed by atoms with E-state index >= 15 is 0 Å². The van der Waals surface area contributed by atoms with Gasteiger partial charge in [-0.15, -0.1) is 0 Å². The van der Waals surface area contributed by atoms with Crippen LogP contribution < -0.4 is 0 Å². The molecule has 0 radical (unpaired) electrons.